The highest BCUT2D eigenvalue weighted by atomic mass is 16.5. The molecule has 1 N–H and O–H groups in total. The van der Waals surface area contributed by atoms with Crippen LogP contribution in [0.25, 0.3) is 0 Å². The Morgan fingerprint density at radius 1 is 1.40 bits per heavy atom. The Labute approximate surface area is 90.2 Å². The lowest BCUT2D eigenvalue weighted by Gasteiger charge is -2.34. The van der Waals surface area contributed by atoms with Crippen LogP contribution in [0.2, 0.25) is 0 Å². The number of ether oxygens (including phenoxy) is 1. The highest BCUT2D eigenvalue weighted by Gasteiger charge is 2.32. The summed E-state index contributed by atoms with van der Waals surface area (Å²) >= 11 is 0. The molecule has 4 nitrogen and oxygen atoms in total. The van der Waals surface area contributed by atoms with E-state index in [1.54, 1.807) is 0 Å². The SMILES string of the molecule is O=C(O)CC1CCCN1C1CCCOC1. The molecule has 2 fully saturated rings. The maximum Gasteiger partial charge on any atom is 0.304 e. The normalized spacial score (nSPS) is 33.1. The van der Waals surface area contributed by atoms with E-state index in [0.717, 1.165) is 45.4 Å². The number of rotatable bonds is 3. The van der Waals surface area contributed by atoms with Gasteiger partial charge in [0.2, 0.25) is 0 Å². The molecule has 0 amide bonds. The predicted octanol–water partition coefficient (Wildman–Crippen LogP) is 1.10. The Hall–Kier alpha value is -0.610. The molecule has 0 saturated carbocycles. The first kappa shape index (κ1) is 10.9. The first-order chi connectivity index (χ1) is 7.27. The molecule has 0 radical (unpaired) electrons. The van der Waals surface area contributed by atoms with Gasteiger partial charge in [0.15, 0.2) is 0 Å². The van der Waals surface area contributed by atoms with Crippen molar-refractivity contribution in [2.45, 2.75) is 44.2 Å². The van der Waals surface area contributed by atoms with Crippen LogP contribution in [-0.2, 0) is 9.53 Å². The molecule has 0 aliphatic carbocycles. The molecule has 2 saturated heterocycles. The van der Waals surface area contributed by atoms with Gasteiger partial charge in [0.1, 0.15) is 0 Å². The quantitative estimate of drug-likeness (QED) is 0.763. The summed E-state index contributed by atoms with van der Waals surface area (Å²) in [5.41, 5.74) is 0. The van der Waals surface area contributed by atoms with Gasteiger partial charge in [-0.15, -0.1) is 0 Å². The van der Waals surface area contributed by atoms with E-state index in [9.17, 15) is 4.79 Å². The predicted molar refractivity (Wildman–Crippen MR) is 55.8 cm³/mol. The minimum atomic E-state index is -0.677. The fourth-order valence-corrected chi connectivity index (χ4v) is 2.74. The zero-order valence-electron chi connectivity index (χ0n) is 9.02. The highest BCUT2D eigenvalue weighted by molar-refractivity contribution is 5.67. The lowest BCUT2D eigenvalue weighted by Crippen LogP contribution is -2.44. The highest BCUT2D eigenvalue weighted by Crippen LogP contribution is 2.26. The van der Waals surface area contributed by atoms with Crippen LogP contribution in [0.1, 0.15) is 32.1 Å². The summed E-state index contributed by atoms with van der Waals surface area (Å²) in [5, 5.41) is 8.83. The summed E-state index contributed by atoms with van der Waals surface area (Å²) < 4.78 is 5.46. The fourth-order valence-electron chi connectivity index (χ4n) is 2.74. The van der Waals surface area contributed by atoms with Crippen LogP contribution in [0.15, 0.2) is 0 Å². The lowest BCUT2D eigenvalue weighted by atomic mass is 10.1. The van der Waals surface area contributed by atoms with E-state index in [1.165, 1.54) is 0 Å². The third-order valence-electron chi connectivity index (χ3n) is 3.44. The van der Waals surface area contributed by atoms with Crippen molar-refractivity contribution in [3.8, 4) is 0 Å². The fraction of sp³-hybridized carbons (Fsp3) is 0.909. The molecule has 15 heavy (non-hydrogen) atoms. The van der Waals surface area contributed by atoms with Crippen molar-refractivity contribution in [2.75, 3.05) is 19.8 Å². The third-order valence-corrected chi connectivity index (χ3v) is 3.44. The van der Waals surface area contributed by atoms with Crippen molar-refractivity contribution in [1.29, 1.82) is 0 Å². The molecule has 4 heteroatoms. The maximum absolute atomic E-state index is 10.7. The molecule has 2 heterocycles. The van der Waals surface area contributed by atoms with Gasteiger partial charge in [0, 0.05) is 18.7 Å². The lowest BCUT2D eigenvalue weighted by molar-refractivity contribution is -0.138. The van der Waals surface area contributed by atoms with Crippen molar-refractivity contribution in [3.63, 3.8) is 0 Å². The van der Waals surface area contributed by atoms with Gasteiger partial charge in [0.05, 0.1) is 13.0 Å². The number of likely N-dealkylation sites (tertiary alicyclic amines) is 1. The molecule has 2 unspecified atom stereocenters. The monoisotopic (exact) mass is 213 g/mol. The first-order valence-electron chi connectivity index (χ1n) is 5.82. The van der Waals surface area contributed by atoms with Gasteiger partial charge < -0.3 is 9.84 Å². The summed E-state index contributed by atoms with van der Waals surface area (Å²) in [6, 6.07) is 0.708. The van der Waals surface area contributed by atoms with Crippen LogP contribution in [0, 0.1) is 0 Å². The molecular formula is C11H19NO3. The molecule has 0 aromatic carbocycles. The van der Waals surface area contributed by atoms with E-state index in [2.05, 4.69) is 4.90 Å². The number of carboxylic acid groups (broad SMARTS) is 1. The van der Waals surface area contributed by atoms with Crippen molar-refractivity contribution < 1.29 is 14.6 Å². The Morgan fingerprint density at radius 3 is 2.93 bits per heavy atom. The molecule has 0 aromatic heterocycles. The van der Waals surface area contributed by atoms with Gasteiger partial charge >= 0.3 is 5.97 Å². The summed E-state index contributed by atoms with van der Waals surface area (Å²) in [6.45, 7) is 2.70. The number of hydrogen-bond acceptors (Lipinski definition) is 3. The molecule has 86 valence electrons. The first-order valence-corrected chi connectivity index (χ1v) is 5.82. The Balaban J connectivity index is 1.91. The molecule has 0 spiro atoms. The van der Waals surface area contributed by atoms with Crippen molar-refractivity contribution in [2.24, 2.45) is 0 Å². The summed E-state index contributed by atoms with van der Waals surface area (Å²) in [5.74, 6) is -0.677. The molecule has 0 aromatic rings. The smallest absolute Gasteiger partial charge is 0.304 e. The van der Waals surface area contributed by atoms with Gasteiger partial charge in [-0.25, -0.2) is 0 Å². The molecule has 2 aliphatic heterocycles. The van der Waals surface area contributed by atoms with E-state index in [1.807, 2.05) is 0 Å². The van der Waals surface area contributed by atoms with Crippen LogP contribution in [0.3, 0.4) is 0 Å². The van der Waals surface area contributed by atoms with Crippen molar-refractivity contribution >= 4 is 5.97 Å². The number of carboxylic acids is 1. The second kappa shape index (κ2) is 4.94. The molecule has 0 bridgehead atoms. The zero-order valence-corrected chi connectivity index (χ0v) is 9.02. The van der Waals surface area contributed by atoms with E-state index in [-0.39, 0.29) is 12.5 Å². The van der Waals surface area contributed by atoms with E-state index < -0.39 is 5.97 Å². The summed E-state index contributed by atoms with van der Waals surface area (Å²) in [7, 11) is 0. The molecule has 2 atom stereocenters. The van der Waals surface area contributed by atoms with Crippen LogP contribution in [0.4, 0.5) is 0 Å². The van der Waals surface area contributed by atoms with Crippen molar-refractivity contribution in [3.05, 3.63) is 0 Å². The van der Waals surface area contributed by atoms with Gasteiger partial charge in [-0.2, -0.15) is 0 Å². The Morgan fingerprint density at radius 2 is 2.27 bits per heavy atom. The topological polar surface area (TPSA) is 49.8 Å². The molecule has 2 aliphatic rings. The largest absolute Gasteiger partial charge is 0.481 e. The van der Waals surface area contributed by atoms with Gasteiger partial charge in [-0.05, 0) is 32.2 Å². The van der Waals surface area contributed by atoms with Crippen molar-refractivity contribution in [1.82, 2.24) is 4.90 Å². The number of hydrogen-bond donors (Lipinski definition) is 1. The van der Waals surface area contributed by atoms with E-state index in [4.69, 9.17) is 9.84 Å². The summed E-state index contributed by atoms with van der Waals surface area (Å²) in [6.07, 6.45) is 4.73. The van der Waals surface area contributed by atoms with E-state index >= 15 is 0 Å². The van der Waals surface area contributed by atoms with Crippen LogP contribution >= 0.6 is 0 Å². The number of carbonyl (C=O) groups is 1. The van der Waals surface area contributed by atoms with Crippen LogP contribution in [-0.4, -0.2) is 47.8 Å². The molecular weight excluding hydrogens is 194 g/mol. The number of aliphatic carboxylic acids is 1. The maximum atomic E-state index is 10.7. The van der Waals surface area contributed by atoms with Crippen LogP contribution < -0.4 is 0 Å². The second-order valence-electron chi connectivity index (χ2n) is 4.50. The second-order valence-corrected chi connectivity index (χ2v) is 4.50. The third kappa shape index (κ3) is 2.69. The van der Waals surface area contributed by atoms with Gasteiger partial charge in [-0.3, -0.25) is 9.69 Å². The van der Waals surface area contributed by atoms with Crippen LogP contribution in [0.5, 0.6) is 0 Å². The minimum Gasteiger partial charge on any atom is -0.481 e. The zero-order chi connectivity index (χ0) is 10.7. The Bertz CT molecular complexity index is 226. The Kier molecular flexibility index (Phi) is 3.59. The molecule has 2 rings (SSSR count). The number of nitrogens with zero attached hydrogens (tertiary/aromatic N) is 1. The minimum absolute atomic E-state index is 0.245. The van der Waals surface area contributed by atoms with Gasteiger partial charge in [0.25, 0.3) is 0 Å². The average molecular weight is 213 g/mol. The van der Waals surface area contributed by atoms with Gasteiger partial charge in [-0.1, -0.05) is 0 Å². The van der Waals surface area contributed by atoms with E-state index in [0.29, 0.717) is 6.04 Å². The average Bonchev–Trinajstić information content (AvgIpc) is 2.66. The summed E-state index contributed by atoms with van der Waals surface area (Å²) in [4.78, 5) is 13.1. The standard InChI is InChI=1S/C11H19NO3/c13-11(14)7-9-3-1-5-12(9)10-4-2-6-15-8-10/h9-10H,1-8H2,(H,13,14).